The Morgan fingerprint density at radius 1 is 1.67 bits per heavy atom. The van der Waals surface area contributed by atoms with Crippen LogP contribution in [0.2, 0.25) is 0 Å². The van der Waals surface area contributed by atoms with Crippen LogP contribution in [-0.4, -0.2) is 43.7 Å². The molecule has 1 fully saturated rings. The molecule has 1 saturated heterocycles. The van der Waals surface area contributed by atoms with Crippen molar-refractivity contribution < 1.29 is 0 Å². The minimum absolute atomic E-state index is 0.460. The van der Waals surface area contributed by atoms with Crippen LogP contribution >= 0.6 is 0 Å². The second kappa shape index (κ2) is 4.80. The van der Waals surface area contributed by atoms with E-state index in [9.17, 15) is 0 Å². The second-order valence-electron chi connectivity index (χ2n) is 3.90. The average molecular weight is 171 g/mol. The van der Waals surface area contributed by atoms with E-state index in [0.717, 1.165) is 6.54 Å². The van der Waals surface area contributed by atoms with E-state index in [4.69, 9.17) is 5.73 Å². The molecule has 12 heavy (non-hydrogen) atoms. The first-order valence-corrected chi connectivity index (χ1v) is 4.87. The molecule has 2 atom stereocenters. The predicted octanol–water partition coefficient (Wildman–Crippen LogP) is 0.0174. The SMILES string of the molecule is CC(CN)NC1CCCN(C)C1. The molecule has 2 unspecified atom stereocenters. The molecule has 0 bridgehead atoms. The first kappa shape index (κ1) is 9.96. The lowest BCUT2D eigenvalue weighted by molar-refractivity contribution is 0.219. The monoisotopic (exact) mass is 171 g/mol. The van der Waals surface area contributed by atoms with Crippen LogP contribution in [0.1, 0.15) is 19.8 Å². The largest absolute Gasteiger partial charge is 0.329 e. The van der Waals surface area contributed by atoms with Crippen LogP contribution in [0.4, 0.5) is 0 Å². The summed E-state index contributed by atoms with van der Waals surface area (Å²) in [6, 6.07) is 1.11. The number of nitrogens with one attached hydrogen (secondary N) is 1. The molecule has 0 radical (unpaired) electrons. The highest BCUT2D eigenvalue weighted by Gasteiger charge is 2.17. The fourth-order valence-electron chi connectivity index (χ4n) is 1.77. The van der Waals surface area contributed by atoms with E-state index in [2.05, 4.69) is 24.2 Å². The number of hydrogen-bond donors (Lipinski definition) is 2. The Morgan fingerprint density at radius 2 is 2.42 bits per heavy atom. The number of nitrogens with zero attached hydrogens (tertiary/aromatic N) is 1. The van der Waals surface area contributed by atoms with Crippen molar-refractivity contribution in [1.29, 1.82) is 0 Å². The quantitative estimate of drug-likeness (QED) is 0.629. The highest BCUT2D eigenvalue weighted by atomic mass is 15.1. The Morgan fingerprint density at radius 3 is 3.00 bits per heavy atom. The minimum Gasteiger partial charge on any atom is -0.329 e. The topological polar surface area (TPSA) is 41.3 Å². The van der Waals surface area contributed by atoms with Gasteiger partial charge in [0.15, 0.2) is 0 Å². The Labute approximate surface area is 75.3 Å². The summed E-state index contributed by atoms with van der Waals surface area (Å²) in [6.07, 6.45) is 2.61. The molecule has 1 rings (SSSR count). The van der Waals surface area contributed by atoms with Crippen LogP contribution in [0.3, 0.4) is 0 Å². The Hall–Kier alpha value is -0.120. The van der Waals surface area contributed by atoms with Crippen molar-refractivity contribution in [3.8, 4) is 0 Å². The van der Waals surface area contributed by atoms with Gasteiger partial charge in [-0.1, -0.05) is 0 Å². The molecule has 0 aromatic rings. The maximum absolute atomic E-state index is 5.55. The molecular formula is C9H21N3. The normalized spacial score (nSPS) is 28.8. The summed E-state index contributed by atoms with van der Waals surface area (Å²) in [5.41, 5.74) is 5.55. The van der Waals surface area contributed by atoms with Gasteiger partial charge in [-0.15, -0.1) is 0 Å². The zero-order valence-electron chi connectivity index (χ0n) is 8.21. The number of likely N-dealkylation sites (tertiary alicyclic amines) is 1. The first-order valence-electron chi connectivity index (χ1n) is 4.87. The number of piperidine rings is 1. The van der Waals surface area contributed by atoms with Gasteiger partial charge in [0.05, 0.1) is 0 Å². The third-order valence-corrected chi connectivity index (χ3v) is 2.50. The van der Waals surface area contributed by atoms with Crippen molar-refractivity contribution in [2.45, 2.75) is 31.8 Å². The van der Waals surface area contributed by atoms with Crippen molar-refractivity contribution in [2.24, 2.45) is 5.73 Å². The number of rotatable bonds is 3. The van der Waals surface area contributed by atoms with Crippen molar-refractivity contribution >= 4 is 0 Å². The van der Waals surface area contributed by atoms with Gasteiger partial charge < -0.3 is 16.0 Å². The van der Waals surface area contributed by atoms with Crippen molar-refractivity contribution in [3.05, 3.63) is 0 Å². The molecule has 3 nitrogen and oxygen atoms in total. The van der Waals surface area contributed by atoms with E-state index in [1.165, 1.54) is 25.9 Å². The maximum Gasteiger partial charge on any atom is 0.0198 e. The zero-order valence-corrected chi connectivity index (χ0v) is 8.21. The Kier molecular flexibility index (Phi) is 3.98. The summed E-state index contributed by atoms with van der Waals surface area (Å²) in [4.78, 5) is 2.38. The molecule has 0 saturated carbocycles. The average Bonchev–Trinajstić information content (AvgIpc) is 2.04. The highest BCUT2D eigenvalue weighted by Crippen LogP contribution is 2.08. The van der Waals surface area contributed by atoms with Crippen molar-refractivity contribution in [3.63, 3.8) is 0 Å². The molecule has 0 aromatic heterocycles. The number of nitrogens with two attached hydrogens (primary N) is 1. The molecule has 1 aliphatic rings. The van der Waals surface area contributed by atoms with E-state index in [-0.39, 0.29) is 0 Å². The lowest BCUT2D eigenvalue weighted by atomic mass is 10.1. The molecule has 72 valence electrons. The van der Waals surface area contributed by atoms with Gasteiger partial charge >= 0.3 is 0 Å². The van der Waals surface area contributed by atoms with Crippen LogP contribution in [-0.2, 0) is 0 Å². The summed E-state index contributed by atoms with van der Waals surface area (Å²) in [6.45, 7) is 5.30. The van der Waals surface area contributed by atoms with Crippen LogP contribution in [0.15, 0.2) is 0 Å². The van der Waals surface area contributed by atoms with Gasteiger partial charge in [0.1, 0.15) is 0 Å². The van der Waals surface area contributed by atoms with E-state index in [1.54, 1.807) is 0 Å². The lowest BCUT2D eigenvalue weighted by Crippen LogP contribution is -2.48. The predicted molar refractivity (Wildman–Crippen MR) is 52.2 cm³/mol. The van der Waals surface area contributed by atoms with Crippen LogP contribution in [0.5, 0.6) is 0 Å². The van der Waals surface area contributed by atoms with Gasteiger partial charge in [-0.25, -0.2) is 0 Å². The van der Waals surface area contributed by atoms with Crippen LogP contribution < -0.4 is 11.1 Å². The number of likely N-dealkylation sites (N-methyl/N-ethyl adjacent to an activating group) is 1. The van der Waals surface area contributed by atoms with Gasteiger partial charge in [-0.05, 0) is 33.4 Å². The lowest BCUT2D eigenvalue weighted by Gasteiger charge is -2.32. The fourth-order valence-corrected chi connectivity index (χ4v) is 1.77. The van der Waals surface area contributed by atoms with Crippen molar-refractivity contribution in [1.82, 2.24) is 10.2 Å². The van der Waals surface area contributed by atoms with Gasteiger partial charge in [0, 0.05) is 25.2 Å². The van der Waals surface area contributed by atoms with Crippen LogP contribution in [0, 0.1) is 0 Å². The summed E-state index contributed by atoms with van der Waals surface area (Å²) in [5.74, 6) is 0. The Bertz CT molecular complexity index is 127. The smallest absolute Gasteiger partial charge is 0.0198 e. The van der Waals surface area contributed by atoms with Gasteiger partial charge in [-0.2, -0.15) is 0 Å². The third kappa shape index (κ3) is 3.09. The molecule has 0 aliphatic carbocycles. The second-order valence-corrected chi connectivity index (χ2v) is 3.90. The molecule has 3 heteroatoms. The Balaban J connectivity index is 2.22. The van der Waals surface area contributed by atoms with E-state index >= 15 is 0 Å². The number of hydrogen-bond acceptors (Lipinski definition) is 3. The van der Waals surface area contributed by atoms with Crippen molar-refractivity contribution in [2.75, 3.05) is 26.7 Å². The minimum atomic E-state index is 0.460. The molecule has 3 N–H and O–H groups in total. The fraction of sp³-hybridized carbons (Fsp3) is 1.00. The molecule has 0 aromatic carbocycles. The molecule has 1 heterocycles. The van der Waals surface area contributed by atoms with Crippen LogP contribution in [0.25, 0.3) is 0 Å². The maximum atomic E-state index is 5.55. The highest BCUT2D eigenvalue weighted by molar-refractivity contribution is 4.78. The summed E-state index contributed by atoms with van der Waals surface area (Å²) in [7, 11) is 2.18. The van der Waals surface area contributed by atoms with Gasteiger partial charge in [-0.3, -0.25) is 0 Å². The van der Waals surface area contributed by atoms with E-state index in [0.29, 0.717) is 12.1 Å². The third-order valence-electron chi connectivity index (χ3n) is 2.50. The zero-order chi connectivity index (χ0) is 8.97. The summed E-state index contributed by atoms with van der Waals surface area (Å²) in [5, 5.41) is 3.53. The summed E-state index contributed by atoms with van der Waals surface area (Å²) < 4.78 is 0. The van der Waals surface area contributed by atoms with E-state index in [1.807, 2.05) is 0 Å². The standard InChI is InChI=1S/C9H21N3/c1-8(6-10)11-9-4-3-5-12(2)7-9/h8-9,11H,3-7,10H2,1-2H3. The van der Waals surface area contributed by atoms with E-state index < -0.39 is 0 Å². The molecular weight excluding hydrogens is 150 g/mol. The van der Waals surface area contributed by atoms with Gasteiger partial charge in [0.2, 0.25) is 0 Å². The summed E-state index contributed by atoms with van der Waals surface area (Å²) >= 11 is 0. The molecule has 1 aliphatic heterocycles. The van der Waals surface area contributed by atoms with Gasteiger partial charge in [0.25, 0.3) is 0 Å². The first-order chi connectivity index (χ1) is 5.72. The molecule has 0 amide bonds. The molecule has 0 spiro atoms.